The van der Waals surface area contributed by atoms with Gasteiger partial charge in [0.1, 0.15) is 5.82 Å². The molecule has 1 amide bonds. The Bertz CT molecular complexity index is 421. The maximum Gasteiger partial charge on any atom is 0.411 e. The third-order valence-corrected chi connectivity index (χ3v) is 1.79. The lowest BCUT2D eigenvalue weighted by Crippen LogP contribution is -2.24. The topological polar surface area (TPSA) is 83.7 Å². The number of amides is 1. The van der Waals surface area contributed by atoms with Crippen molar-refractivity contribution in [1.29, 1.82) is 0 Å². The molecule has 0 aliphatic heterocycles. The van der Waals surface area contributed by atoms with E-state index in [1.54, 1.807) is 0 Å². The van der Waals surface area contributed by atoms with Crippen LogP contribution in [0.3, 0.4) is 0 Å². The van der Waals surface area contributed by atoms with Gasteiger partial charge in [0.15, 0.2) is 0 Å². The molecule has 0 fully saturated rings. The van der Waals surface area contributed by atoms with Crippen LogP contribution in [0, 0.1) is 15.9 Å². The van der Waals surface area contributed by atoms with E-state index < -0.39 is 16.8 Å². The van der Waals surface area contributed by atoms with Gasteiger partial charge in [0, 0.05) is 19.2 Å². The molecule has 1 aromatic rings. The number of nitro benzene ring substituents is 1. The maximum absolute atomic E-state index is 13.1. The van der Waals surface area contributed by atoms with Crippen LogP contribution in [-0.2, 0) is 0 Å². The van der Waals surface area contributed by atoms with E-state index in [9.17, 15) is 19.3 Å². The summed E-state index contributed by atoms with van der Waals surface area (Å²) < 4.78 is 13.1. The van der Waals surface area contributed by atoms with Crippen molar-refractivity contribution in [3.8, 4) is 0 Å². The quantitative estimate of drug-likeness (QED) is 0.601. The average molecular weight is 214 g/mol. The molecule has 0 radical (unpaired) electrons. The number of hydrogen-bond acceptors (Lipinski definition) is 3. The van der Waals surface area contributed by atoms with E-state index in [2.05, 4.69) is 0 Å². The van der Waals surface area contributed by atoms with Gasteiger partial charge in [-0.3, -0.25) is 15.0 Å². The third-order valence-electron chi connectivity index (χ3n) is 1.79. The number of anilines is 1. The van der Waals surface area contributed by atoms with Crippen molar-refractivity contribution in [3.63, 3.8) is 0 Å². The van der Waals surface area contributed by atoms with Crippen LogP contribution < -0.4 is 4.90 Å². The lowest BCUT2D eigenvalue weighted by atomic mass is 10.2. The normalized spacial score (nSPS) is 9.73. The first-order valence-corrected chi connectivity index (χ1v) is 3.84. The van der Waals surface area contributed by atoms with E-state index in [4.69, 9.17) is 5.11 Å². The molecule has 0 saturated carbocycles. The van der Waals surface area contributed by atoms with Crippen LogP contribution in [0.5, 0.6) is 0 Å². The van der Waals surface area contributed by atoms with Crippen molar-refractivity contribution >= 4 is 17.5 Å². The van der Waals surface area contributed by atoms with Crippen molar-refractivity contribution in [2.75, 3.05) is 11.9 Å². The molecule has 1 aromatic carbocycles. The summed E-state index contributed by atoms with van der Waals surface area (Å²) in [5.74, 6) is -0.828. The summed E-state index contributed by atoms with van der Waals surface area (Å²) in [5.41, 5.74) is -0.712. The fraction of sp³-hybridized carbons (Fsp3) is 0.125. The molecule has 0 heterocycles. The summed E-state index contributed by atoms with van der Waals surface area (Å²) in [7, 11) is 1.10. The van der Waals surface area contributed by atoms with E-state index in [1.807, 2.05) is 0 Å². The second-order valence-electron chi connectivity index (χ2n) is 2.73. The van der Waals surface area contributed by atoms with Crippen LogP contribution in [0.1, 0.15) is 0 Å². The minimum absolute atomic E-state index is 0.350. The molecule has 0 spiro atoms. The molecule has 0 aliphatic rings. The standard InChI is InChI=1S/C8H7FN2O4/c1-10(8(12)13)7-4-5(11(14)15)2-3-6(7)9/h2-4H,1H3,(H,12,13). The summed E-state index contributed by atoms with van der Waals surface area (Å²) in [6, 6.07) is 2.69. The summed E-state index contributed by atoms with van der Waals surface area (Å²) in [6.07, 6.45) is -1.39. The molecular formula is C8H7FN2O4. The molecule has 80 valence electrons. The second-order valence-corrected chi connectivity index (χ2v) is 2.73. The van der Waals surface area contributed by atoms with Gasteiger partial charge in [-0.25, -0.2) is 9.18 Å². The first kappa shape index (κ1) is 10.9. The van der Waals surface area contributed by atoms with Gasteiger partial charge in [-0.2, -0.15) is 0 Å². The third kappa shape index (κ3) is 2.19. The van der Waals surface area contributed by atoms with Gasteiger partial charge in [-0.1, -0.05) is 0 Å². The zero-order valence-corrected chi connectivity index (χ0v) is 7.68. The Labute approximate surface area is 83.7 Å². The number of hydrogen-bond donors (Lipinski definition) is 1. The Balaban J connectivity index is 3.22. The predicted molar refractivity (Wildman–Crippen MR) is 49.5 cm³/mol. The van der Waals surface area contributed by atoms with Gasteiger partial charge in [0.2, 0.25) is 0 Å². The second kappa shape index (κ2) is 3.91. The predicted octanol–water partition coefficient (Wildman–Crippen LogP) is 1.85. The average Bonchev–Trinajstić information content (AvgIpc) is 2.16. The van der Waals surface area contributed by atoms with Gasteiger partial charge in [0.25, 0.3) is 5.69 Å². The van der Waals surface area contributed by atoms with E-state index in [0.29, 0.717) is 4.90 Å². The first-order valence-electron chi connectivity index (χ1n) is 3.84. The molecule has 1 rings (SSSR count). The van der Waals surface area contributed by atoms with Crippen LogP contribution in [0.2, 0.25) is 0 Å². The van der Waals surface area contributed by atoms with E-state index in [-0.39, 0.29) is 11.4 Å². The zero-order chi connectivity index (χ0) is 11.6. The largest absolute Gasteiger partial charge is 0.465 e. The fourth-order valence-corrected chi connectivity index (χ4v) is 0.975. The highest BCUT2D eigenvalue weighted by molar-refractivity contribution is 5.86. The van der Waals surface area contributed by atoms with E-state index in [0.717, 1.165) is 25.2 Å². The molecule has 1 N–H and O–H groups in total. The monoisotopic (exact) mass is 214 g/mol. The molecule has 6 nitrogen and oxygen atoms in total. The Morgan fingerprint density at radius 1 is 1.60 bits per heavy atom. The minimum atomic E-state index is -1.39. The summed E-state index contributed by atoms with van der Waals surface area (Å²) >= 11 is 0. The number of halogens is 1. The van der Waals surface area contributed by atoms with Crippen molar-refractivity contribution < 1.29 is 19.2 Å². The Kier molecular flexibility index (Phi) is 2.84. The highest BCUT2D eigenvalue weighted by Gasteiger charge is 2.17. The number of benzene rings is 1. The van der Waals surface area contributed by atoms with Crippen LogP contribution >= 0.6 is 0 Å². The molecule has 7 heteroatoms. The smallest absolute Gasteiger partial charge is 0.411 e. The van der Waals surface area contributed by atoms with Gasteiger partial charge in [0.05, 0.1) is 10.6 Å². The minimum Gasteiger partial charge on any atom is -0.465 e. The molecule has 0 atom stereocenters. The van der Waals surface area contributed by atoms with E-state index >= 15 is 0 Å². The number of nitrogens with zero attached hydrogens (tertiary/aromatic N) is 2. The highest BCUT2D eigenvalue weighted by Crippen LogP contribution is 2.23. The lowest BCUT2D eigenvalue weighted by Gasteiger charge is -2.13. The molecule has 15 heavy (non-hydrogen) atoms. The number of carbonyl (C=O) groups is 1. The molecule has 0 saturated heterocycles. The van der Waals surface area contributed by atoms with Gasteiger partial charge in [-0.05, 0) is 6.07 Å². The van der Waals surface area contributed by atoms with Crippen molar-refractivity contribution in [1.82, 2.24) is 0 Å². The highest BCUT2D eigenvalue weighted by atomic mass is 19.1. The number of carboxylic acid groups (broad SMARTS) is 1. The zero-order valence-electron chi connectivity index (χ0n) is 7.68. The first-order chi connectivity index (χ1) is 6.93. The van der Waals surface area contributed by atoms with Crippen molar-refractivity contribution in [2.24, 2.45) is 0 Å². The van der Waals surface area contributed by atoms with Gasteiger partial charge < -0.3 is 5.11 Å². The molecule has 0 aliphatic carbocycles. The van der Waals surface area contributed by atoms with Crippen LogP contribution in [-0.4, -0.2) is 23.2 Å². The molecule has 0 aromatic heterocycles. The van der Waals surface area contributed by atoms with Crippen LogP contribution in [0.15, 0.2) is 18.2 Å². The summed E-state index contributed by atoms with van der Waals surface area (Å²) in [4.78, 5) is 20.7. The maximum atomic E-state index is 13.1. The van der Waals surface area contributed by atoms with Crippen molar-refractivity contribution in [2.45, 2.75) is 0 Å². The Hall–Kier alpha value is -2.18. The lowest BCUT2D eigenvalue weighted by molar-refractivity contribution is -0.384. The van der Waals surface area contributed by atoms with Crippen molar-refractivity contribution in [3.05, 3.63) is 34.1 Å². The number of rotatable bonds is 2. The number of nitro groups is 1. The van der Waals surface area contributed by atoms with E-state index in [1.165, 1.54) is 0 Å². The molecule has 0 bridgehead atoms. The summed E-state index contributed by atoms with van der Waals surface area (Å²) in [6.45, 7) is 0. The Morgan fingerprint density at radius 3 is 2.67 bits per heavy atom. The fourth-order valence-electron chi connectivity index (χ4n) is 0.975. The molecule has 0 unspecified atom stereocenters. The molecular weight excluding hydrogens is 207 g/mol. The summed E-state index contributed by atoms with van der Waals surface area (Å²) in [5, 5.41) is 19.0. The Morgan fingerprint density at radius 2 is 2.20 bits per heavy atom. The van der Waals surface area contributed by atoms with Crippen LogP contribution in [0.4, 0.5) is 20.6 Å². The van der Waals surface area contributed by atoms with Gasteiger partial charge >= 0.3 is 6.09 Å². The SMILES string of the molecule is CN(C(=O)O)c1cc([N+](=O)[O-])ccc1F. The van der Waals surface area contributed by atoms with Gasteiger partial charge in [-0.15, -0.1) is 0 Å². The number of non-ortho nitro benzene ring substituents is 1. The van der Waals surface area contributed by atoms with Crippen LogP contribution in [0.25, 0.3) is 0 Å².